The number of amides is 1. The van der Waals surface area contributed by atoms with Gasteiger partial charge in [-0.05, 0) is 23.8 Å². The van der Waals surface area contributed by atoms with Gasteiger partial charge in [-0.1, -0.05) is 46.3 Å². The molecule has 1 amide bonds. The lowest BCUT2D eigenvalue weighted by molar-refractivity contribution is -0.125. The molecule has 1 aliphatic heterocycles. The lowest BCUT2D eigenvalue weighted by Gasteiger charge is -2.19. The molecule has 2 aromatic carbocycles. The first kappa shape index (κ1) is 16.1. The van der Waals surface area contributed by atoms with Crippen LogP contribution in [0.5, 0.6) is 0 Å². The minimum Gasteiger partial charge on any atom is -0.352 e. The Morgan fingerprint density at radius 1 is 1.26 bits per heavy atom. The molecule has 2 unspecified atom stereocenters. The van der Waals surface area contributed by atoms with Gasteiger partial charge in [-0.3, -0.25) is 10.2 Å². The van der Waals surface area contributed by atoms with E-state index in [-0.39, 0.29) is 30.2 Å². The van der Waals surface area contributed by atoms with Crippen molar-refractivity contribution in [2.24, 2.45) is 5.92 Å². The van der Waals surface area contributed by atoms with Crippen molar-refractivity contribution in [2.75, 3.05) is 6.54 Å². The van der Waals surface area contributed by atoms with Crippen molar-refractivity contribution in [3.8, 4) is 0 Å². The maximum Gasteiger partial charge on any atom is 0.226 e. The molecule has 23 heavy (non-hydrogen) atoms. The summed E-state index contributed by atoms with van der Waals surface area (Å²) in [6, 6.07) is 14.2. The Labute approximate surface area is 142 Å². The largest absolute Gasteiger partial charge is 0.352 e. The molecule has 1 fully saturated rings. The van der Waals surface area contributed by atoms with Crippen LogP contribution in [0.4, 0.5) is 4.39 Å². The zero-order chi connectivity index (χ0) is 16.2. The molecule has 0 aromatic heterocycles. The third-order valence-corrected chi connectivity index (χ3v) is 4.43. The van der Waals surface area contributed by atoms with Gasteiger partial charge in [0.15, 0.2) is 0 Å². The van der Waals surface area contributed by atoms with Crippen molar-refractivity contribution in [3.63, 3.8) is 0 Å². The molecule has 2 aromatic rings. The fraction of sp³-hybridized carbons (Fsp3) is 0.235. The average Bonchev–Trinajstić information content (AvgIpc) is 3.03. The van der Waals surface area contributed by atoms with Gasteiger partial charge in [-0.2, -0.15) is 0 Å². The van der Waals surface area contributed by atoms with Crippen molar-refractivity contribution in [1.29, 1.82) is 0 Å². The van der Waals surface area contributed by atoms with Crippen LogP contribution in [-0.4, -0.2) is 12.5 Å². The fourth-order valence-electron chi connectivity index (χ4n) is 2.71. The highest BCUT2D eigenvalue weighted by molar-refractivity contribution is 9.10. The van der Waals surface area contributed by atoms with Crippen LogP contribution in [0.2, 0.25) is 0 Å². The molecule has 1 saturated heterocycles. The second-order valence-electron chi connectivity index (χ2n) is 5.47. The van der Waals surface area contributed by atoms with Gasteiger partial charge in [0.25, 0.3) is 0 Å². The van der Waals surface area contributed by atoms with Crippen LogP contribution < -0.4 is 16.2 Å². The van der Waals surface area contributed by atoms with Crippen LogP contribution >= 0.6 is 15.9 Å². The van der Waals surface area contributed by atoms with Gasteiger partial charge in [0, 0.05) is 23.1 Å². The third kappa shape index (κ3) is 3.77. The first-order chi connectivity index (χ1) is 11.1. The highest BCUT2D eigenvalue weighted by atomic mass is 79.9. The highest BCUT2D eigenvalue weighted by Crippen LogP contribution is 2.27. The number of carbonyl (C=O) groups is 1. The highest BCUT2D eigenvalue weighted by Gasteiger charge is 2.33. The number of hydrazine groups is 1. The number of benzene rings is 2. The Balaban J connectivity index is 1.68. The minimum atomic E-state index is -0.306. The zero-order valence-corrected chi connectivity index (χ0v) is 13.9. The second kappa shape index (κ2) is 7.21. The Kier molecular flexibility index (Phi) is 5.05. The lowest BCUT2D eigenvalue weighted by atomic mass is 9.94. The quantitative estimate of drug-likeness (QED) is 0.767. The first-order valence-electron chi connectivity index (χ1n) is 7.40. The molecule has 6 heteroatoms. The van der Waals surface area contributed by atoms with Gasteiger partial charge < -0.3 is 5.32 Å². The molecule has 0 saturated carbocycles. The predicted molar refractivity (Wildman–Crippen MR) is 89.8 cm³/mol. The van der Waals surface area contributed by atoms with Crippen LogP contribution in [0, 0.1) is 11.7 Å². The summed E-state index contributed by atoms with van der Waals surface area (Å²) >= 11 is 3.45. The maximum absolute atomic E-state index is 13.6. The summed E-state index contributed by atoms with van der Waals surface area (Å²) in [6.07, 6.45) is 0. The van der Waals surface area contributed by atoms with E-state index in [1.54, 1.807) is 18.2 Å². The van der Waals surface area contributed by atoms with Gasteiger partial charge in [0.2, 0.25) is 5.91 Å². The minimum absolute atomic E-state index is 0.101. The molecule has 0 bridgehead atoms. The Hall–Kier alpha value is -1.76. The molecule has 2 atom stereocenters. The molecule has 1 aliphatic rings. The summed E-state index contributed by atoms with van der Waals surface area (Å²) in [4.78, 5) is 12.5. The summed E-state index contributed by atoms with van der Waals surface area (Å²) in [5.41, 5.74) is 7.67. The van der Waals surface area contributed by atoms with Gasteiger partial charge in [0.1, 0.15) is 5.82 Å². The smallest absolute Gasteiger partial charge is 0.226 e. The number of rotatable bonds is 4. The molecular weight excluding hydrogens is 361 g/mol. The molecule has 0 radical (unpaired) electrons. The summed E-state index contributed by atoms with van der Waals surface area (Å²) in [5, 5.41) is 2.83. The van der Waals surface area contributed by atoms with E-state index in [0.717, 1.165) is 10.0 Å². The van der Waals surface area contributed by atoms with E-state index in [1.165, 1.54) is 6.07 Å². The van der Waals surface area contributed by atoms with E-state index in [4.69, 9.17) is 0 Å². The monoisotopic (exact) mass is 377 g/mol. The van der Waals surface area contributed by atoms with Crippen LogP contribution in [0.15, 0.2) is 53.0 Å². The lowest BCUT2D eigenvalue weighted by Crippen LogP contribution is -2.34. The van der Waals surface area contributed by atoms with Crippen molar-refractivity contribution in [2.45, 2.75) is 12.6 Å². The standard InChI is InChI=1S/C17H17BrFN3O/c18-13-6-3-5-11(8-13)16-14(10-21-22-16)17(23)20-9-12-4-1-2-7-15(12)19/h1-8,14,16,21-22H,9-10H2,(H,20,23). The third-order valence-electron chi connectivity index (χ3n) is 3.94. The van der Waals surface area contributed by atoms with Crippen LogP contribution in [0.1, 0.15) is 17.2 Å². The van der Waals surface area contributed by atoms with Crippen molar-refractivity contribution in [1.82, 2.24) is 16.2 Å². The number of carbonyl (C=O) groups excluding carboxylic acids is 1. The summed E-state index contributed by atoms with van der Waals surface area (Å²) in [5.74, 6) is -0.661. The SMILES string of the molecule is O=C(NCc1ccccc1F)C1CNNC1c1cccc(Br)c1. The van der Waals surface area contributed by atoms with E-state index in [1.807, 2.05) is 24.3 Å². The van der Waals surface area contributed by atoms with E-state index < -0.39 is 0 Å². The maximum atomic E-state index is 13.6. The zero-order valence-electron chi connectivity index (χ0n) is 12.4. The molecule has 3 N–H and O–H groups in total. The van der Waals surface area contributed by atoms with E-state index in [9.17, 15) is 9.18 Å². The molecule has 4 nitrogen and oxygen atoms in total. The summed E-state index contributed by atoms with van der Waals surface area (Å²) in [6.45, 7) is 0.716. The molecule has 120 valence electrons. The number of nitrogens with one attached hydrogen (secondary N) is 3. The van der Waals surface area contributed by atoms with Crippen LogP contribution in [0.25, 0.3) is 0 Å². The summed E-state index contributed by atoms with van der Waals surface area (Å²) in [7, 11) is 0. The number of hydrogen-bond donors (Lipinski definition) is 3. The van der Waals surface area contributed by atoms with Gasteiger partial charge >= 0.3 is 0 Å². The van der Waals surface area contributed by atoms with Gasteiger partial charge in [0.05, 0.1) is 12.0 Å². The first-order valence-corrected chi connectivity index (χ1v) is 8.19. The van der Waals surface area contributed by atoms with Gasteiger partial charge in [-0.15, -0.1) is 0 Å². The van der Waals surface area contributed by atoms with Gasteiger partial charge in [-0.25, -0.2) is 9.82 Å². The van der Waals surface area contributed by atoms with E-state index in [2.05, 4.69) is 32.1 Å². The fourth-order valence-corrected chi connectivity index (χ4v) is 3.13. The Bertz CT molecular complexity index is 710. The topological polar surface area (TPSA) is 53.2 Å². The molecule has 0 aliphatic carbocycles. The van der Waals surface area contributed by atoms with E-state index in [0.29, 0.717) is 12.1 Å². The van der Waals surface area contributed by atoms with Crippen LogP contribution in [0.3, 0.4) is 0 Å². The summed E-state index contributed by atoms with van der Waals surface area (Å²) < 4.78 is 14.6. The van der Waals surface area contributed by atoms with Crippen molar-refractivity contribution in [3.05, 3.63) is 69.9 Å². The van der Waals surface area contributed by atoms with E-state index >= 15 is 0 Å². The van der Waals surface area contributed by atoms with Crippen molar-refractivity contribution < 1.29 is 9.18 Å². The van der Waals surface area contributed by atoms with Crippen LogP contribution in [-0.2, 0) is 11.3 Å². The number of hydrogen-bond acceptors (Lipinski definition) is 3. The molecule has 0 spiro atoms. The predicted octanol–water partition coefficient (Wildman–Crippen LogP) is 2.67. The molecule has 1 heterocycles. The average molecular weight is 378 g/mol. The normalized spacial score (nSPS) is 20.4. The Morgan fingerprint density at radius 2 is 2.09 bits per heavy atom. The molecule has 3 rings (SSSR count). The second-order valence-corrected chi connectivity index (χ2v) is 6.39. The van der Waals surface area contributed by atoms with Crippen molar-refractivity contribution >= 4 is 21.8 Å². The number of halogens is 2. The Morgan fingerprint density at radius 3 is 2.87 bits per heavy atom. The molecular formula is C17H17BrFN3O.